The number of aromatic nitrogens is 1. The molecule has 6 nitrogen and oxygen atoms in total. The number of hydrogen-bond donors (Lipinski definition) is 1. The molecule has 4 rings (SSSR count). The molecule has 1 aromatic heterocycles. The summed E-state index contributed by atoms with van der Waals surface area (Å²) in [6, 6.07) is 17.3. The van der Waals surface area contributed by atoms with E-state index in [-0.39, 0.29) is 31.3 Å². The Morgan fingerprint density at radius 1 is 1.06 bits per heavy atom. The van der Waals surface area contributed by atoms with Gasteiger partial charge in [-0.2, -0.15) is 0 Å². The Morgan fingerprint density at radius 2 is 1.84 bits per heavy atom. The lowest BCUT2D eigenvalue weighted by Gasteiger charge is -2.26. The van der Waals surface area contributed by atoms with Gasteiger partial charge in [-0.1, -0.05) is 30.3 Å². The SMILES string of the molecule is Cc1ccc([C@@H](NC(=O)COC[C@@H]2COc3ccccc3O2)c2ccncc2)cc1C. The van der Waals surface area contributed by atoms with E-state index in [4.69, 9.17) is 14.2 Å². The topological polar surface area (TPSA) is 69.7 Å². The molecule has 0 aliphatic carbocycles. The summed E-state index contributed by atoms with van der Waals surface area (Å²) in [5, 5.41) is 3.09. The van der Waals surface area contributed by atoms with E-state index in [9.17, 15) is 4.79 Å². The zero-order valence-electron chi connectivity index (χ0n) is 17.7. The first-order chi connectivity index (χ1) is 15.1. The highest BCUT2D eigenvalue weighted by atomic mass is 16.6. The summed E-state index contributed by atoms with van der Waals surface area (Å²) in [5.74, 6) is 1.22. The first-order valence-corrected chi connectivity index (χ1v) is 10.3. The van der Waals surface area contributed by atoms with E-state index in [1.54, 1.807) is 12.4 Å². The number of ether oxygens (including phenoxy) is 3. The number of hydrogen-bond acceptors (Lipinski definition) is 5. The predicted molar refractivity (Wildman–Crippen MR) is 117 cm³/mol. The summed E-state index contributed by atoms with van der Waals surface area (Å²) in [5.41, 5.74) is 4.37. The fraction of sp³-hybridized carbons (Fsp3) is 0.280. The average Bonchev–Trinajstić information content (AvgIpc) is 2.80. The van der Waals surface area contributed by atoms with Crippen molar-refractivity contribution in [2.75, 3.05) is 19.8 Å². The molecule has 3 aromatic rings. The molecule has 0 spiro atoms. The standard InChI is InChI=1S/C25H26N2O4/c1-17-7-8-20(13-18(17)2)25(19-9-11-26-12-10-19)27-24(28)16-29-14-21-15-30-22-5-3-4-6-23(22)31-21/h3-13,21,25H,14-16H2,1-2H3,(H,27,28)/t21-,25+/m1/s1. The largest absolute Gasteiger partial charge is 0.486 e. The lowest BCUT2D eigenvalue weighted by Crippen LogP contribution is -2.36. The van der Waals surface area contributed by atoms with Crippen LogP contribution in [0.1, 0.15) is 28.3 Å². The second-order valence-corrected chi connectivity index (χ2v) is 7.64. The summed E-state index contributed by atoms with van der Waals surface area (Å²) >= 11 is 0. The molecular weight excluding hydrogens is 392 g/mol. The van der Waals surface area contributed by atoms with Gasteiger partial charge in [-0.25, -0.2) is 0 Å². The van der Waals surface area contributed by atoms with Crippen molar-refractivity contribution in [3.63, 3.8) is 0 Å². The maximum Gasteiger partial charge on any atom is 0.246 e. The molecule has 0 fully saturated rings. The molecule has 1 aliphatic heterocycles. The van der Waals surface area contributed by atoms with Gasteiger partial charge in [0, 0.05) is 12.4 Å². The van der Waals surface area contributed by atoms with Crippen LogP contribution in [0, 0.1) is 13.8 Å². The van der Waals surface area contributed by atoms with Crippen LogP contribution in [0.5, 0.6) is 11.5 Å². The fourth-order valence-electron chi connectivity index (χ4n) is 3.49. The molecule has 1 amide bonds. The first-order valence-electron chi connectivity index (χ1n) is 10.3. The molecule has 2 aromatic carbocycles. The van der Waals surface area contributed by atoms with Gasteiger partial charge in [-0.05, 0) is 60.4 Å². The van der Waals surface area contributed by atoms with Gasteiger partial charge in [0.2, 0.25) is 5.91 Å². The van der Waals surface area contributed by atoms with Crippen LogP contribution in [0.3, 0.4) is 0 Å². The lowest BCUT2D eigenvalue weighted by molar-refractivity contribution is -0.127. The van der Waals surface area contributed by atoms with Gasteiger partial charge in [0.15, 0.2) is 17.6 Å². The van der Waals surface area contributed by atoms with Crippen molar-refractivity contribution in [3.05, 3.63) is 89.2 Å². The van der Waals surface area contributed by atoms with Crippen LogP contribution in [0.15, 0.2) is 67.0 Å². The highest BCUT2D eigenvalue weighted by molar-refractivity contribution is 5.78. The fourth-order valence-corrected chi connectivity index (χ4v) is 3.49. The zero-order valence-corrected chi connectivity index (χ0v) is 17.7. The molecule has 2 atom stereocenters. The molecule has 6 heteroatoms. The summed E-state index contributed by atoms with van der Waals surface area (Å²) in [4.78, 5) is 16.8. The highest BCUT2D eigenvalue weighted by Crippen LogP contribution is 2.30. The van der Waals surface area contributed by atoms with Crippen LogP contribution in [0.25, 0.3) is 0 Å². The second-order valence-electron chi connectivity index (χ2n) is 7.64. The minimum Gasteiger partial charge on any atom is -0.486 e. The normalized spacial score (nSPS) is 15.9. The molecule has 0 saturated carbocycles. The Balaban J connectivity index is 1.36. The maximum absolute atomic E-state index is 12.7. The van der Waals surface area contributed by atoms with Crippen LogP contribution in [0.2, 0.25) is 0 Å². The van der Waals surface area contributed by atoms with Gasteiger partial charge >= 0.3 is 0 Å². The van der Waals surface area contributed by atoms with E-state index in [0.717, 1.165) is 16.9 Å². The average molecular weight is 418 g/mol. The van der Waals surface area contributed by atoms with Crippen molar-refractivity contribution in [1.29, 1.82) is 0 Å². The predicted octanol–water partition coefficient (Wildman–Crippen LogP) is 3.76. The third-order valence-corrected chi connectivity index (χ3v) is 5.31. The second kappa shape index (κ2) is 9.62. The number of benzene rings is 2. The van der Waals surface area contributed by atoms with E-state index >= 15 is 0 Å². The van der Waals surface area contributed by atoms with Crippen LogP contribution in [0.4, 0.5) is 0 Å². The molecule has 160 valence electrons. The molecule has 0 unspecified atom stereocenters. The summed E-state index contributed by atoms with van der Waals surface area (Å²) in [6.45, 7) is 4.74. The lowest BCUT2D eigenvalue weighted by atomic mass is 9.96. The summed E-state index contributed by atoms with van der Waals surface area (Å²) in [7, 11) is 0. The molecule has 0 saturated heterocycles. The summed E-state index contributed by atoms with van der Waals surface area (Å²) in [6.07, 6.45) is 3.20. The number of carbonyl (C=O) groups excluding carboxylic acids is 1. The monoisotopic (exact) mass is 418 g/mol. The van der Waals surface area contributed by atoms with Crippen molar-refractivity contribution >= 4 is 5.91 Å². The Labute approximate surface area is 182 Å². The number of aryl methyl sites for hydroxylation is 2. The minimum absolute atomic E-state index is 0.0616. The van der Waals surface area contributed by atoms with Crippen molar-refractivity contribution in [2.24, 2.45) is 0 Å². The number of amides is 1. The van der Waals surface area contributed by atoms with E-state index in [0.29, 0.717) is 12.4 Å². The summed E-state index contributed by atoms with van der Waals surface area (Å²) < 4.78 is 17.2. The molecular formula is C25H26N2O4. The first kappa shape index (κ1) is 20.9. The van der Waals surface area contributed by atoms with Crippen LogP contribution >= 0.6 is 0 Å². The number of para-hydroxylation sites is 2. The molecule has 0 bridgehead atoms. The number of carbonyl (C=O) groups is 1. The third-order valence-electron chi connectivity index (χ3n) is 5.31. The number of pyridine rings is 1. The molecule has 31 heavy (non-hydrogen) atoms. The van der Waals surface area contributed by atoms with Gasteiger partial charge in [-0.15, -0.1) is 0 Å². The molecule has 2 heterocycles. The van der Waals surface area contributed by atoms with Crippen molar-refractivity contribution in [2.45, 2.75) is 26.0 Å². The number of nitrogens with one attached hydrogen (secondary N) is 1. The van der Waals surface area contributed by atoms with Crippen molar-refractivity contribution in [3.8, 4) is 11.5 Å². The van der Waals surface area contributed by atoms with Crippen molar-refractivity contribution in [1.82, 2.24) is 10.3 Å². The quantitative estimate of drug-likeness (QED) is 0.633. The van der Waals surface area contributed by atoms with Gasteiger partial charge in [0.1, 0.15) is 13.2 Å². The van der Waals surface area contributed by atoms with Gasteiger partial charge in [-0.3, -0.25) is 9.78 Å². The Bertz CT molecular complexity index is 1040. The minimum atomic E-state index is -0.278. The molecule has 1 N–H and O–H groups in total. The van der Waals surface area contributed by atoms with Crippen LogP contribution in [-0.4, -0.2) is 36.8 Å². The molecule has 1 aliphatic rings. The van der Waals surface area contributed by atoms with E-state index in [2.05, 4.69) is 36.3 Å². The number of nitrogens with zero attached hydrogens (tertiary/aromatic N) is 1. The van der Waals surface area contributed by atoms with Gasteiger partial charge in [0.25, 0.3) is 0 Å². The number of rotatable bonds is 7. The Kier molecular flexibility index (Phi) is 6.48. The van der Waals surface area contributed by atoms with E-state index < -0.39 is 0 Å². The van der Waals surface area contributed by atoms with Gasteiger partial charge in [0.05, 0.1) is 12.6 Å². The Morgan fingerprint density at radius 3 is 2.61 bits per heavy atom. The third kappa shape index (κ3) is 5.22. The van der Waals surface area contributed by atoms with E-state index in [1.807, 2.05) is 42.5 Å². The Hall–Kier alpha value is -3.38. The van der Waals surface area contributed by atoms with Crippen LogP contribution in [-0.2, 0) is 9.53 Å². The zero-order chi connectivity index (χ0) is 21.6. The maximum atomic E-state index is 12.7. The smallest absolute Gasteiger partial charge is 0.246 e. The van der Waals surface area contributed by atoms with E-state index in [1.165, 1.54) is 11.1 Å². The van der Waals surface area contributed by atoms with Crippen molar-refractivity contribution < 1.29 is 19.0 Å². The van der Waals surface area contributed by atoms with Gasteiger partial charge < -0.3 is 19.5 Å². The number of fused-ring (bicyclic) bond motifs is 1. The van der Waals surface area contributed by atoms with Crippen LogP contribution < -0.4 is 14.8 Å². The highest BCUT2D eigenvalue weighted by Gasteiger charge is 2.22. The molecule has 0 radical (unpaired) electrons.